The summed E-state index contributed by atoms with van der Waals surface area (Å²) in [7, 11) is -5.22. The molecular formula is C17H11N3O7S2. The standard InChI is InChI=1S/C17H11N3O7S2/c1-28-17(19-6-18)20-11-9-10(14(23)16(15(11)24)29(25,26)27)13(22)8-5-3-2-4-7(8)12(9)21/h2-5,23-24H,1H3,(H,19,20)(H,25,26,27). The Labute approximate surface area is 168 Å². The van der Waals surface area contributed by atoms with Crippen molar-refractivity contribution in [2.45, 2.75) is 4.90 Å². The number of aliphatic imine (C=N–C) groups is 1. The first-order valence-corrected chi connectivity index (χ1v) is 10.4. The molecule has 0 saturated carbocycles. The smallest absolute Gasteiger partial charge is 0.302 e. The molecule has 10 nitrogen and oxygen atoms in total. The summed E-state index contributed by atoms with van der Waals surface area (Å²) < 4.78 is 32.9. The molecule has 0 saturated heterocycles. The van der Waals surface area contributed by atoms with E-state index in [0.717, 1.165) is 11.8 Å². The number of hydrogen-bond donors (Lipinski definition) is 4. The van der Waals surface area contributed by atoms with Crippen LogP contribution in [0.4, 0.5) is 5.69 Å². The number of aromatic hydroxyl groups is 2. The van der Waals surface area contributed by atoms with E-state index in [4.69, 9.17) is 5.26 Å². The van der Waals surface area contributed by atoms with E-state index in [1.54, 1.807) is 6.19 Å². The first-order chi connectivity index (χ1) is 13.6. The maximum atomic E-state index is 13.0. The van der Waals surface area contributed by atoms with Crippen LogP contribution in [0.3, 0.4) is 0 Å². The molecule has 1 aliphatic rings. The van der Waals surface area contributed by atoms with E-state index < -0.39 is 54.9 Å². The van der Waals surface area contributed by atoms with Crippen molar-refractivity contribution in [1.82, 2.24) is 5.32 Å². The Bertz CT molecular complexity index is 1260. The van der Waals surface area contributed by atoms with Crippen LogP contribution in [-0.4, -0.2) is 46.2 Å². The summed E-state index contributed by atoms with van der Waals surface area (Å²) in [6.45, 7) is 0. The quantitative estimate of drug-likeness (QED) is 0.152. The summed E-state index contributed by atoms with van der Waals surface area (Å²) in [6.07, 6.45) is 3.08. The summed E-state index contributed by atoms with van der Waals surface area (Å²) in [5, 5.41) is 31.6. The fourth-order valence-electron chi connectivity index (χ4n) is 2.91. The number of phenolic OH excluding ortho intramolecular Hbond substituents is 2. The van der Waals surface area contributed by atoms with Crippen LogP contribution < -0.4 is 5.32 Å². The molecule has 2 aromatic rings. The number of amidine groups is 1. The molecule has 3 rings (SSSR count). The van der Waals surface area contributed by atoms with Crippen molar-refractivity contribution < 1.29 is 32.8 Å². The molecule has 0 bridgehead atoms. The number of carbonyl (C=O) groups is 2. The minimum Gasteiger partial charge on any atom is -0.506 e. The van der Waals surface area contributed by atoms with Crippen molar-refractivity contribution in [2.75, 3.05) is 6.26 Å². The van der Waals surface area contributed by atoms with Crippen LogP contribution in [-0.2, 0) is 10.1 Å². The number of carbonyl (C=O) groups excluding carboxylic acids is 2. The van der Waals surface area contributed by atoms with Gasteiger partial charge in [-0.25, -0.2) is 4.99 Å². The Kier molecular flexibility index (Phi) is 5.05. The van der Waals surface area contributed by atoms with E-state index in [0.29, 0.717) is 0 Å². The zero-order chi connectivity index (χ0) is 21.5. The second-order valence-corrected chi connectivity index (χ2v) is 7.82. The predicted octanol–water partition coefficient (Wildman–Crippen LogP) is 1.54. The normalized spacial score (nSPS) is 13.5. The summed E-state index contributed by atoms with van der Waals surface area (Å²) in [4.78, 5) is 28.4. The van der Waals surface area contributed by atoms with Crippen molar-refractivity contribution in [2.24, 2.45) is 4.99 Å². The van der Waals surface area contributed by atoms with Gasteiger partial charge in [0.25, 0.3) is 0 Å². The maximum absolute atomic E-state index is 13.0. The van der Waals surface area contributed by atoms with Gasteiger partial charge in [0.2, 0.25) is 0 Å². The molecule has 29 heavy (non-hydrogen) atoms. The van der Waals surface area contributed by atoms with Crippen LogP contribution in [0.2, 0.25) is 0 Å². The van der Waals surface area contributed by atoms with E-state index in [1.807, 2.05) is 0 Å². The first kappa shape index (κ1) is 20.3. The average Bonchev–Trinajstić information content (AvgIpc) is 2.66. The summed E-state index contributed by atoms with van der Waals surface area (Å²) in [6, 6.07) is 5.62. The highest BCUT2D eigenvalue weighted by Crippen LogP contribution is 2.49. The van der Waals surface area contributed by atoms with Gasteiger partial charge in [0.15, 0.2) is 39.3 Å². The van der Waals surface area contributed by atoms with Gasteiger partial charge in [-0.05, 0) is 6.26 Å². The number of hydrogen-bond acceptors (Lipinski definition) is 9. The van der Waals surface area contributed by atoms with Crippen LogP contribution in [0.15, 0.2) is 34.2 Å². The molecule has 0 spiro atoms. The highest BCUT2D eigenvalue weighted by molar-refractivity contribution is 8.13. The molecule has 0 aliphatic heterocycles. The van der Waals surface area contributed by atoms with Gasteiger partial charge in [-0.1, -0.05) is 36.0 Å². The van der Waals surface area contributed by atoms with Crippen molar-refractivity contribution in [3.8, 4) is 17.7 Å². The Balaban J connectivity index is 2.52. The van der Waals surface area contributed by atoms with Gasteiger partial charge in [-0.15, -0.1) is 0 Å². The van der Waals surface area contributed by atoms with Gasteiger partial charge in [-0.3, -0.25) is 19.5 Å². The predicted molar refractivity (Wildman–Crippen MR) is 102 cm³/mol. The third kappa shape index (κ3) is 3.21. The summed E-state index contributed by atoms with van der Waals surface area (Å²) >= 11 is 0.888. The van der Waals surface area contributed by atoms with Gasteiger partial charge < -0.3 is 10.2 Å². The minimum absolute atomic E-state index is 0.0428. The molecule has 148 valence electrons. The van der Waals surface area contributed by atoms with Crippen LogP contribution >= 0.6 is 11.8 Å². The Morgan fingerprint density at radius 1 is 1.10 bits per heavy atom. The van der Waals surface area contributed by atoms with Gasteiger partial charge >= 0.3 is 10.1 Å². The second kappa shape index (κ2) is 7.21. The third-order valence-electron chi connectivity index (χ3n) is 4.08. The molecule has 2 aromatic carbocycles. The number of nitriles is 1. The van der Waals surface area contributed by atoms with E-state index in [1.165, 1.54) is 30.5 Å². The number of phenols is 2. The monoisotopic (exact) mass is 433 g/mol. The van der Waals surface area contributed by atoms with E-state index >= 15 is 0 Å². The van der Waals surface area contributed by atoms with Crippen LogP contribution in [0.25, 0.3) is 0 Å². The zero-order valence-corrected chi connectivity index (χ0v) is 16.1. The largest absolute Gasteiger partial charge is 0.506 e. The van der Waals surface area contributed by atoms with E-state index in [2.05, 4.69) is 10.3 Å². The van der Waals surface area contributed by atoms with Crippen molar-refractivity contribution in [3.05, 3.63) is 46.5 Å². The number of thioether (sulfide) groups is 1. The van der Waals surface area contributed by atoms with Crippen molar-refractivity contribution in [3.63, 3.8) is 0 Å². The molecule has 0 fully saturated rings. The Morgan fingerprint density at radius 2 is 1.66 bits per heavy atom. The molecular weight excluding hydrogens is 422 g/mol. The molecule has 0 amide bonds. The molecule has 1 aliphatic carbocycles. The lowest BCUT2D eigenvalue weighted by molar-refractivity contribution is 0.0976. The SMILES string of the molecule is CSC(=Nc1c(O)c(S(=O)(=O)O)c(O)c2c1C(=O)c1ccccc1C2=O)NC#N. The third-order valence-corrected chi connectivity index (χ3v) is 5.56. The van der Waals surface area contributed by atoms with E-state index in [-0.39, 0.29) is 16.3 Å². The highest BCUT2D eigenvalue weighted by Gasteiger charge is 2.40. The molecule has 12 heteroatoms. The number of nitrogens with one attached hydrogen (secondary N) is 1. The molecule has 0 aromatic heterocycles. The topological polar surface area (TPSA) is 177 Å². The Hall–Kier alpha value is -3.40. The number of rotatable bonds is 2. The van der Waals surface area contributed by atoms with Crippen LogP contribution in [0.5, 0.6) is 11.5 Å². The van der Waals surface area contributed by atoms with Crippen molar-refractivity contribution >= 4 is 44.3 Å². The van der Waals surface area contributed by atoms with Gasteiger partial charge in [0, 0.05) is 11.1 Å². The molecule has 0 atom stereocenters. The van der Waals surface area contributed by atoms with Crippen LogP contribution in [0, 0.1) is 11.5 Å². The van der Waals surface area contributed by atoms with Gasteiger partial charge in [-0.2, -0.15) is 13.7 Å². The van der Waals surface area contributed by atoms with Crippen LogP contribution in [0.1, 0.15) is 31.8 Å². The maximum Gasteiger partial charge on any atom is 0.302 e. The lowest BCUT2D eigenvalue weighted by Crippen LogP contribution is -2.23. The second-order valence-electron chi connectivity index (χ2n) is 5.66. The molecule has 0 heterocycles. The molecule has 0 unspecified atom stereocenters. The number of benzene rings is 2. The number of ketones is 2. The minimum atomic E-state index is -5.22. The fraction of sp³-hybridized carbons (Fsp3) is 0.0588. The lowest BCUT2D eigenvalue weighted by Gasteiger charge is -2.22. The lowest BCUT2D eigenvalue weighted by atomic mass is 9.82. The summed E-state index contributed by atoms with van der Waals surface area (Å²) in [5.74, 6) is -4.21. The van der Waals surface area contributed by atoms with Crippen molar-refractivity contribution in [1.29, 1.82) is 5.26 Å². The Morgan fingerprint density at radius 3 is 2.14 bits per heavy atom. The number of nitrogens with zero attached hydrogens (tertiary/aromatic N) is 2. The first-order valence-electron chi connectivity index (χ1n) is 7.69. The average molecular weight is 433 g/mol. The van der Waals surface area contributed by atoms with E-state index in [9.17, 15) is 32.8 Å². The van der Waals surface area contributed by atoms with Gasteiger partial charge in [0.1, 0.15) is 5.69 Å². The summed E-state index contributed by atoms with van der Waals surface area (Å²) in [5.41, 5.74) is -2.11. The fourth-order valence-corrected chi connectivity index (χ4v) is 3.92. The highest BCUT2D eigenvalue weighted by atomic mass is 32.2. The zero-order valence-electron chi connectivity index (χ0n) is 14.5. The molecule has 0 radical (unpaired) electrons. The van der Waals surface area contributed by atoms with Gasteiger partial charge in [0.05, 0.1) is 11.1 Å². The number of fused-ring (bicyclic) bond motifs is 2. The molecule has 4 N–H and O–H groups in total.